The second-order valence-corrected chi connectivity index (χ2v) is 7.02. The van der Waals surface area contributed by atoms with Crippen LogP contribution in [0.1, 0.15) is 42.0 Å². The largest absolute Gasteiger partial charge is 0.131 e. The standard InChI is InChI=1S/C11H14BrClS/c1-3-11(4-5-11)9(13)8-6-7(2)10(12)14-8/h6,9H,3-5H2,1-2H3. The molecule has 0 aromatic carbocycles. The summed E-state index contributed by atoms with van der Waals surface area (Å²) in [6, 6.07) is 2.22. The summed E-state index contributed by atoms with van der Waals surface area (Å²) in [5.74, 6) is 0. The van der Waals surface area contributed by atoms with Crippen molar-refractivity contribution in [3.8, 4) is 0 Å². The molecule has 1 saturated carbocycles. The van der Waals surface area contributed by atoms with E-state index in [1.807, 2.05) is 0 Å². The third kappa shape index (κ3) is 1.77. The van der Waals surface area contributed by atoms with Crippen LogP contribution in [-0.4, -0.2) is 0 Å². The van der Waals surface area contributed by atoms with E-state index in [0.717, 1.165) is 0 Å². The number of aryl methyl sites for hydroxylation is 1. The van der Waals surface area contributed by atoms with E-state index in [0.29, 0.717) is 5.41 Å². The lowest BCUT2D eigenvalue weighted by molar-refractivity contribution is 0.476. The van der Waals surface area contributed by atoms with Gasteiger partial charge in [0.15, 0.2) is 0 Å². The molecular weight excluding hydrogens is 280 g/mol. The highest BCUT2D eigenvalue weighted by atomic mass is 79.9. The molecule has 0 N–H and O–H groups in total. The van der Waals surface area contributed by atoms with Crippen LogP contribution in [-0.2, 0) is 0 Å². The van der Waals surface area contributed by atoms with Crippen molar-refractivity contribution in [3.05, 3.63) is 20.3 Å². The molecule has 1 heterocycles. The number of hydrogen-bond donors (Lipinski definition) is 0. The summed E-state index contributed by atoms with van der Waals surface area (Å²) in [6.45, 7) is 4.37. The third-order valence-corrected chi connectivity index (χ3v) is 6.29. The van der Waals surface area contributed by atoms with Crippen molar-refractivity contribution in [1.29, 1.82) is 0 Å². The molecule has 1 fully saturated rings. The zero-order chi connectivity index (χ0) is 10.3. The van der Waals surface area contributed by atoms with Gasteiger partial charge in [0.2, 0.25) is 0 Å². The van der Waals surface area contributed by atoms with Crippen LogP contribution in [0.3, 0.4) is 0 Å². The zero-order valence-corrected chi connectivity index (χ0v) is 11.6. The Balaban J connectivity index is 2.23. The minimum absolute atomic E-state index is 0.225. The van der Waals surface area contributed by atoms with Gasteiger partial charge in [-0.1, -0.05) is 6.92 Å². The van der Waals surface area contributed by atoms with Crippen LogP contribution >= 0.6 is 38.9 Å². The lowest BCUT2D eigenvalue weighted by atomic mass is 9.97. The maximum atomic E-state index is 6.54. The summed E-state index contributed by atoms with van der Waals surface area (Å²) in [5.41, 5.74) is 1.72. The van der Waals surface area contributed by atoms with E-state index in [9.17, 15) is 0 Å². The molecule has 14 heavy (non-hydrogen) atoms. The predicted octanol–water partition coefficient (Wildman–Crippen LogP) is 5.29. The molecule has 0 aliphatic heterocycles. The molecule has 0 bridgehead atoms. The smallest absolute Gasteiger partial charge is 0.0735 e. The molecule has 1 aliphatic carbocycles. The van der Waals surface area contributed by atoms with Gasteiger partial charge in [0, 0.05) is 4.88 Å². The van der Waals surface area contributed by atoms with Crippen molar-refractivity contribution < 1.29 is 0 Å². The van der Waals surface area contributed by atoms with Crippen LogP contribution in [0.5, 0.6) is 0 Å². The van der Waals surface area contributed by atoms with Crippen molar-refractivity contribution in [3.63, 3.8) is 0 Å². The summed E-state index contributed by atoms with van der Waals surface area (Å²) >= 11 is 11.9. The van der Waals surface area contributed by atoms with Gasteiger partial charge in [-0.3, -0.25) is 0 Å². The molecular formula is C11H14BrClS. The Kier molecular flexibility index (Phi) is 2.98. The second-order valence-electron chi connectivity index (χ2n) is 4.18. The van der Waals surface area contributed by atoms with Gasteiger partial charge in [-0.2, -0.15) is 0 Å². The number of alkyl halides is 1. The SMILES string of the molecule is CCC1(C(Cl)c2cc(C)c(Br)s2)CC1. The second kappa shape index (κ2) is 3.80. The van der Waals surface area contributed by atoms with Gasteiger partial charge < -0.3 is 0 Å². The van der Waals surface area contributed by atoms with E-state index in [4.69, 9.17) is 11.6 Å². The van der Waals surface area contributed by atoms with E-state index in [-0.39, 0.29) is 5.38 Å². The lowest BCUT2D eigenvalue weighted by Crippen LogP contribution is -2.05. The lowest BCUT2D eigenvalue weighted by Gasteiger charge is -2.17. The fourth-order valence-corrected chi connectivity index (χ4v) is 4.12. The summed E-state index contributed by atoms with van der Waals surface area (Å²) in [7, 11) is 0. The molecule has 0 radical (unpaired) electrons. The third-order valence-electron chi connectivity index (χ3n) is 3.26. The Morgan fingerprint density at radius 1 is 1.64 bits per heavy atom. The van der Waals surface area contributed by atoms with Gasteiger partial charge in [0.25, 0.3) is 0 Å². The molecule has 3 heteroatoms. The minimum atomic E-state index is 0.225. The minimum Gasteiger partial charge on any atom is -0.131 e. The number of halogens is 2. The maximum absolute atomic E-state index is 6.54. The van der Waals surface area contributed by atoms with E-state index >= 15 is 0 Å². The number of rotatable bonds is 3. The monoisotopic (exact) mass is 292 g/mol. The van der Waals surface area contributed by atoms with Gasteiger partial charge in [-0.15, -0.1) is 22.9 Å². The van der Waals surface area contributed by atoms with Crippen LogP contribution in [0.15, 0.2) is 9.85 Å². The first kappa shape index (κ1) is 11.0. The molecule has 0 saturated heterocycles. The average Bonchev–Trinajstić information content (AvgIpc) is 2.90. The quantitative estimate of drug-likeness (QED) is 0.664. The van der Waals surface area contributed by atoms with Crippen LogP contribution in [0.2, 0.25) is 0 Å². The zero-order valence-electron chi connectivity index (χ0n) is 8.44. The Hall–Kier alpha value is 0.470. The molecule has 78 valence electrons. The van der Waals surface area contributed by atoms with Gasteiger partial charge in [0.1, 0.15) is 0 Å². The molecule has 0 amide bonds. The fraction of sp³-hybridized carbons (Fsp3) is 0.636. The van der Waals surface area contributed by atoms with Crippen molar-refractivity contribution in [2.45, 2.75) is 38.5 Å². The summed E-state index contributed by atoms with van der Waals surface area (Å²) in [4.78, 5) is 1.33. The summed E-state index contributed by atoms with van der Waals surface area (Å²) < 4.78 is 1.23. The fourth-order valence-electron chi connectivity index (χ4n) is 1.86. The van der Waals surface area contributed by atoms with Crippen molar-refractivity contribution in [2.75, 3.05) is 0 Å². The van der Waals surface area contributed by atoms with Crippen LogP contribution < -0.4 is 0 Å². The first-order valence-corrected chi connectivity index (χ1v) is 7.03. The molecule has 1 atom stereocenters. The van der Waals surface area contributed by atoms with Crippen molar-refractivity contribution in [2.24, 2.45) is 5.41 Å². The molecule has 1 unspecified atom stereocenters. The molecule has 1 aliphatic rings. The molecule has 1 aromatic heterocycles. The van der Waals surface area contributed by atoms with E-state index in [1.165, 1.54) is 33.5 Å². The van der Waals surface area contributed by atoms with Gasteiger partial charge in [-0.05, 0) is 59.2 Å². The van der Waals surface area contributed by atoms with Gasteiger partial charge in [-0.25, -0.2) is 0 Å². The number of hydrogen-bond acceptors (Lipinski definition) is 1. The normalized spacial score (nSPS) is 20.9. The van der Waals surface area contributed by atoms with Crippen LogP contribution in [0.4, 0.5) is 0 Å². The Labute approximate surface area is 103 Å². The highest BCUT2D eigenvalue weighted by molar-refractivity contribution is 9.11. The topological polar surface area (TPSA) is 0 Å². The Bertz CT molecular complexity index is 322. The van der Waals surface area contributed by atoms with Gasteiger partial charge >= 0.3 is 0 Å². The van der Waals surface area contributed by atoms with Crippen molar-refractivity contribution >= 4 is 38.9 Å². The molecule has 0 spiro atoms. The molecule has 2 rings (SSSR count). The van der Waals surface area contributed by atoms with Crippen LogP contribution in [0, 0.1) is 12.3 Å². The van der Waals surface area contributed by atoms with Gasteiger partial charge in [0.05, 0.1) is 9.16 Å². The van der Waals surface area contributed by atoms with Crippen molar-refractivity contribution in [1.82, 2.24) is 0 Å². The Morgan fingerprint density at radius 3 is 2.64 bits per heavy atom. The maximum Gasteiger partial charge on any atom is 0.0735 e. The van der Waals surface area contributed by atoms with E-state index in [2.05, 4.69) is 35.8 Å². The summed E-state index contributed by atoms with van der Waals surface area (Å²) in [6.07, 6.45) is 3.80. The molecule has 0 nitrogen and oxygen atoms in total. The molecule has 1 aromatic rings. The van der Waals surface area contributed by atoms with Crippen LogP contribution in [0.25, 0.3) is 0 Å². The predicted molar refractivity (Wildman–Crippen MR) is 67.3 cm³/mol. The van der Waals surface area contributed by atoms with E-state index < -0.39 is 0 Å². The number of thiophene rings is 1. The highest BCUT2D eigenvalue weighted by Gasteiger charge is 2.48. The summed E-state index contributed by atoms with van der Waals surface area (Å²) in [5, 5.41) is 0.225. The van der Waals surface area contributed by atoms with E-state index in [1.54, 1.807) is 11.3 Å². The Morgan fingerprint density at radius 2 is 2.29 bits per heavy atom. The first-order valence-electron chi connectivity index (χ1n) is 4.99. The average molecular weight is 294 g/mol. The first-order chi connectivity index (χ1) is 6.59. The highest BCUT2D eigenvalue weighted by Crippen LogP contribution is 2.61.